The molecule has 31 heteroatoms. The lowest BCUT2D eigenvalue weighted by atomic mass is 9.98. The van der Waals surface area contributed by atoms with Gasteiger partial charge in [-0.1, -0.05) is 165 Å². The number of carbonyl (C=O) groups is 12. The second-order valence-electron chi connectivity index (χ2n) is 28.0. The first-order valence-electron chi connectivity index (χ1n) is 37.2. The van der Waals surface area contributed by atoms with Gasteiger partial charge in [-0.3, -0.25) is 72.5 Å². The number of pyridine rings is 1. The highest BCUT2D eigenvalue weighted by Gasteiger charge is 2.41. The van der Waals surface area contributed by atoms with E-state index in [2.05, 4.69) is 64.4 Å². The number of hydrogen-bond donors (Lipinski definition) is 14. The molecule has 4 rings (SSSR count). The van der Waals surface area contributed by atoms with Crippen molar-refractivity contribution in [2.24, 2.45) is 50.3 Å². The molecule has 106 heavy (non-hydrogen) atoms. The average molecular weight is 1480 g/mol. The fraction of sp³-hybridized carbons (Fsp3) is 0.587. The molecule has 7 atom stereocenters. The lowest BCUT2D eigenvalue weighted by Crippen LogP contribution is -2.62. The van der Waals surface area contributed by atoms with Crippen molar-refractivity contribution in [2.45, 2.75) is 237 Å². The Kier molecular flexibility index (Phi) is 39.9. The summed E-state index contributed by atoms with van der Waals surface area (Å²) in [5, 5.41) is 21.8. The van der Waals surface area contributed by atoms with E-state index in [0.717, 1.165) is 30.6 Å². The van der Waals surface area contributed by atoms with Crippen molar-refractivity contribution in [3.8, 4) is 0 Å². The van der Waals surface area contributed by atoms with Crippen molar-refractivity contribution in [3.63, 3.8) is 0 Å². The molecule has 0 bridgehead atoms. The number of rotatable bonds is 51. The monoisotopic (exact) mass is 1480 g/mol. The number of hydrogen-bond acceptors (Lipinski definition) is 15. The number of primary amides is 2. The van der Waals surface area contributed by atoms with Crippen LogP contribution >= 0.6 is 0 Å². The van der Waals surface area contributed by atoms with Gasteiger partial charge in [0.1, 0.15) is 60.9 Å². The predicted molar refractivity (Wildman–Crippen MR) is 405 cm³/mol. The van der Waals surface area contributed by atoms with E-state index in [-0.39, 0.29) is 94.4 Å². The molecule has 1 saturated heterocycles. The number of amides is 12. The summed E-state index contributed by atoms with van der Waals surface area (Å²) >= 11 is 0. The molecular weight excluding hydrogens is 1360 g/mol. The molecule has 12 amide bonds. The summed E-state index contributed by atoms with van der Waals surface area (Å²) in [5.74, 6) is -10.2. The van der Waals surface area contributed by atoms with E-state index in [1.807, 2.05) is 13.8 Å². The van der Waals surface area contributed by atoms with Crippen LogP contribution in [0.25, 0.3) is 0 Å². The Morgan fingerprint density at radius 3 is 1.55 bits per heavy atom. The number of carbonyl (C=O) groups excluding carboxylic acids is 12. The number of benzene rings is 2. The summed E-state index contributed by atoms with van der Waals surface area (Å²) in [4.78, 5) is 182. The number of aliphatic imine (C=N–C) groups is 2. The van der Waals surface area contributed by atoms with Gasteiger partial charge in [0.15, 0.2) is 11.9 Å². The molecule has 20 N–H and O–H groups in total. The molecule has 1 aromatic heterocycles. The molecule has 3 aromatic rings. The van der Waals surface area contributed by atoms with Crippen LogP contribution in [0.3, 0.4) is 0 Å². The van der Waals surface area contributed by atoms with Crippen LogP contribution in [0.2, 0.25) is 0 Å². The van der Waals surface area contributed by atoms with Crippen LogP contribution in [0, 0.1) is 5.92 Å². The number of aromatic nitrogens is 1. The molecule has 1 fully saturated rings. The Hall–Kier alpha value is -10.2. The quantitative estimate of drug-likeness (QED) is 0.0218. The van der Waals surface area contributed by atoms with Crippen molar-refractivity contribution >= 4 is 82.8 Å². The highest BCUT2D eigenvalue weighted by molar-refractivity contribution is 6.01. The van der Waals surface area contributed by atoms with E-state index >= 15 is 0 Å². The van der Waals surface area contributed by atoms with Crippen LogP contribution in [0.15, 0.2) is 95.2 Å². The van der Waals surface area contributed by atoms with Gasteiger partial charge < -0.3 is 86.7 Å². The fourth-order valence-electron chi connectivity index (χ4n) is 12.2. The SMILES string of the molecule is CCCCCCCCCCCCCCCCNC(=O)CN(CC(=O)NC(C)(C)C(=O)N[C@@H](Cc1ccccc1)C(=O)N[C@@H](CC(C)C)C(=O)N[C@@H](Cc1ccccc1)C(=O)N[C@@H](CCCN=C(N)N)C(=O)N1CCC[C@H]1C(=O)N[C@@H](CCCN=C(N)N)C(=O)N[C@@H](CC(N)=O)C(N)=O)C(=O)c1cccnc1. The predicted octanol–water partition coefficient (Wildman–Crippen LogP) is 1.92. The van der Waals surface area contributed by atoms with Crippen LogP contribution in [0.4, 0.5) is 0 Å². The molecule has 0 unspecified atom stereocenters. The van der Waals surface area contributed by atoms with Gasteiger partial charge in [-0.15, -0.1) is 0 Å². The lowest BCUT2D eigenvalue weighted by Gasteiger charge is -2.31. The number of nitrogens with zero attached hydrogens (tertiary/aromatic N) is 5. The Balaban J connectivity index is 1.54. The number of guanidine groups is 2. The Morgan fingerprint density at radius 2 is 1.04 bits per heavy atom. The van der Waals surface area contributed by atoms with Gasteiger partial charge in [0.25, 0.3) is 5.91 Å². The molecule has 584 valence electrons. The molecule has 0 aliphatic carbocycles. The van der Waals surface area contributed by atoms with E-state index in [0.29, 0.717) is 24.1 Å². The summed E-state index contributed by atoms with van der Waals surface area (Å²) in [5.41, 5.74) is 32.6. The normalized spacial score (nSPS) is 14.3. The Labute approximate surface area is 623 Å². The van der Waals surface area contributed by atoms with Crippen molar-refractivity contribution in [2.75, 3.05) is 39.3 Å². The standard InChI is InChI=1S/C75H117N19O12/c1-6-7-8-9-10-11-12-13-14-15-16-17-18-25-39-83-62(96)48-93(70(104)53-34-26-38-82-47-53)49-63(97)92-75(4,5)72(106)91-59(45-52-32-23-20-24-33-52)68(102)89-57(43-50(2)3)66(100)90-58(44-51-30-21-19-22-31-51)67(101)87-55(36-28-41-85-74(80)81)71(105)94-42-29-37-60(94)69(103)86-54(35-27-40-84-73(78)79)65(99)88-56(64(77)98)46-61(76)95/h19-24,26,30-34,38,47,50,54-60H,6-18,25,27-29,35-37,39-46,48-49H2,1-5H3,(H2,76,95)(H2,77,98)(H,83,96)(H,86,103)(H,87,101)(H,88,99)(H,89,102)(H,90,100)(H,91,106)(H,92,97)(H4,78,79,84)(H4,80,81,85)/t54-,55-,56-,57-,58-,59-,60-/m0/s1. The Bertz CT molecular complexity index is 3350. The van der Waals surface area contributed by atoms with Crippen molar-refractivity contribution in [1.82, 2.24) is 57.3 Å². The van der Waals surface area contributed by atoms with Crippen molar-refractivity contribution < 1.29 is 57.5 Å². The minimum atomic E-state index is -1.75. The second-order valence-corrected chi connectivity index (χ2v) is 28.0. The molecule has 0 radical (unpaired) electrons. The smallest absolute Gasteiger partial charge is 0.256 e. The first-order valence-corrected chi connectivity index (χ1v) is 37.2. The van der Waals surface area contributed by atoms with E-state index in [1.165, 1.54) is 101 Å². The van der Waals surface area contributed by atoms with Gasteiger partial charge in [-0.25, -0.2) is 0 Å². The minimum absolute atomic E-state index is 0.0263. The molecular formula is C75H117N19O12. The average Bonchev–Trinajstić information content (AvgIpc) is 1.43. The van der Waals surface area contributed by atoms with Gasteiger partial charge in [-0.2, -0.15) is 0 Å². The zero-order chi connectivity index (χ0) is 78.0. The van der Waals surface area contributed by atoms with Gasteiger partial charge in [0.05, 0.1) is 12.0 Å². The highest BCUT2D eigenvalue weighted by atomic mass is 16.2. The molecule has 2 aromatic carbocycles. The van der Waals surface area contributed by atoms with E-state index in [9.17, 15) is 57.5 Å². The van der Waals surface area contributed by atoms with Crippen molar-refractivity contribution in [1.29, 1.82) is 0 Å². The maximum absolute atomic E-state index is 15.0. The maximum atomic E-state index is 15.0. The molecule has 0 saturated carbocycles. The number of likely N-dealkylation sites (tertiary alicyclic amines) is 1. The van der Waals surface area contributed by atoms with Gasteiger partial charge in [-0.05, 0) is 94.4 Å². The largest absolute Gasteiger partial charge is 0.370 e. The summed E-state index contributed by atoms with van der Waals surface area (Å²) in [6, 6.07) is 10.9. The molecule has 2 heterocycles. The number of nitrogens with one attached hydrogen (secondary N) is 8. The third kappa shape index (κ3) is 34.1. The van der Waals surface area contributed by atoms with E-state index in [1.54, 1.807) is 66.7 Å². The van der Waals surface area contributed by atoms with E-state index in [4.69, 9.17) is 34.4 Å². The fourth-order valence-corrected chi connectivity index (χ4v) is 12.2. The van der Waals surface area contributed by atoms with E-state index < -0.39 is 138 Å². The van der Waals surface area contributed by atoms with Crippen LogP contribution < -0.4 is 76.9 Å². The molecule has 1 aliphatic heterocycles. The Morgan fingerprint density at radius 1 is 0.557 bits per heavy atom. The van der Waals surface area contributed by atoms with Crippen LogP contribution in [0.1, 0.15) is 197 Å². The maximum Gasteiger partial charge on any atom is 0.256 e. The summed E-state index contributed by atoms with van der Waals surface area (Å²) < 4.78 is 0. The highest BCUT2D eigenvalue weighted by Crippen LogP contribution is 2.22. The third-order valence-electron chi connectivity index (χ3n) is 17.9. The lowest BCUT2D eigenvalue weighted by molar-refractivity contribution is -0.142. The van der Waals surface area contributed by atoms with Crippen LogP contribution in [-0.4, -0.2) is 185 Å². The van der Waals surface area contributed by atoms with Gasteiger partial charge >= 0.3 is 0 Å². The van der Waals surface area contributed by atoms with Gasteiger partial charge in [0, 0.05) is 51.4 Å². The molecule has 1 aliphatic rings. The first kappa shape index (κ1) is 88.2. The first-order chi connectivity index (χ1) is 50.6. The third-order valence-corrected chi connectivity index (χ3v) is 17.9. The second kappa shape index (κ2) is 48.0. The van der Waals surface area contributed by atoms with Crippen molar-refractivity contribution in [3.05, 3.63) is 102 Å². The summed E-state index contributed by atoms with van der Waals surface area (Å²) in [6.07, 6.45) is 19.1. The summed E-state index contributed by atoms with van der Waals surface area (Å²) in [6.45, 7) is 8.06. The zero-order valence-corrected chi connectivity index (χ0v) is 62.5. The van der Waals surface area contributed by atoms with Crippen LogP contribution in [-0.2, 0) is 65.6 Å². The zero-order valence-electron chi connectivity index (χ0n) is 62.5. The topological polar surface area (TPSA) is 501 Å². The van der Waals surface area contributed by atoms with Gasteiger partial charge in [0.2, 0.25) is 65.0 Å². The molecule has 0 spiro atoms. The number of nitrogens with two attached hydrogens (primary N) is 6. The minimum Gasteiger partial charge on any atom is -0.370 e. The number of unbranched alkanes of at least 4 members (excludes halogenated alkanes) is 13. The van der Waals surface area contributed by atoms with Crippen LogP contribution in [0.5, 0.6) is 0 Å². The summed E-state index contributed by atoms with van der Waals surface area (Å²) in [7, 11) is 0. The molecule has 31 nitrogen and oxygen atoms in total.